The van der Waals surface area contributed by atoms with Crippen LogP contribution in [0.2, 0.25) is 0 Å². The summed E-state index contributed by atoms with van der Waals surface area (Å²) in [5.74, 6) is 1.83. The average Bonchev–Trinajstić information content (AvgIpc) is 3.31. The third-order valence-electron chi connectivity index (χ3n) is 7.89. The quantitative estimate of drug-likeness (QED) is 0.446. The summed E-state index contributed by atoms with van der Waals surface area (Å²) in [5, 5.41) is 6.77. The largest absolute Gasteiger partial charge is 0.348 e. The molecule has 2 saturated heterocycles. The molecule has 2 fully saturated rings. The highest BCUT2D eigenvalue weighted by Crippen LogP contribution is 2.28. The van der Waals surface area contributed by atoms with E-state index < -0.39 is 0 Å². The number of nitrogens with zero attached hydrogens (tertiary/aromatic N) is 5. The molecule has 0 saturated carbocycles. The van der Waals surface area contributed by atoms with Crippen molar-refractivity contribution in [1.82, 2.24) is 29.5 Å². The first-order valence-corrected chi connectivity index (χ1v) is 13.2. The summed E-state index contributed by atoms with van der Waals surface area (Å²) in [5.41, 5.74) is 2.04. The summed E-state index contributed by atoms with van der Waals surface area (Å²) >= 11 is 0. The Morgan fingerprint density at radius 3 is 2.64 bits per heavy atom. The summed E-state index contributed by atoms with van der Waals surface area (Å²) in [7, 11) is 0. The molecule has 186 valence electrons. The van der Waals surface area contributed by atoms with Crippen LogP contribution in [-0.4, -0.2) is 62.3 Å². The van der Waals surface area contributed by atoms with E-state index in [4.69, 9.17) is 5.10 Å². The highest BCUT2D eigenvalue weighted by Gasteiger charge is 2.28. The number of rotatable bonds is 6. The third kappa shape index (κ3) is 4.99. The first-order chi connectivity index (χ1) is 17.7. The first kappa shape index (κ1) is 23.1. The van der Waals surface area contributed by atoms with E-state index in [0.717, 1.165) is 67.2 Å². The van der Waals surface area contributed by atoms with Gasteiger partial charge in [-0.3, -0.25) is 14.9 Å². The SMILES string of the molecule is O=c1[nH]c(C2CCCN(CC3CCN(Cc4ccccc4)CC3)C2)nn1-c1cccc2cnccc12. The zero-order valence-electron chi connectivity index (χ0n) is 20.7. The molecule has 7 nitrogen and oxygen atoms in total. The summed E-state index contributed by atoms with van der Waals surface area (Å²) in [6, 6.07) is 18.7. The molecule has 6 rings (SSSR count). The van der Waals surface area contributed by atoms with E-state index >= 15 is 0 Å². The molecule has 4 aromatic rings. The maximum atomic E-state index is 12.9. The predicted molar refractivity (Wildman–Crippen MR) is 142 cm³/mol. The fraction of sp³-hybridized carbons (Fsp3) is 0.414. The fourth-order valence-electron chi connectivity index (χ4n) is 5.96. The smallest absolute Gasteiger partial charge is 0.302 e. The van der Waals surface area contributed by atoms with Crippen molar-refractivity contribution in [3.05, 3.63) is 88.9 Å². The predicted octanol–water partition coefficient (Wildman–Crippen LogP) is 4.20. The molecule has 0 amide bonds. The molecule has 0 bridgehead atoms. The van der Waals surface area contributed by atoms with E-state index in [2.05, 4.69) is 50.1 Å². The van der Waals surface area contributed by atoms with Crippen molar-refractivity contribution in [3.63, 3.8) is 0 Å². The standard InChI is InChI=1S/C29H34N6O/c36-29-31-28(32-35(29)27-10-4-8-24-18-30-14-11-26(24)27)25-9-5-15-34(21-25)20-23-12-16-33(17-13-23)19-22-6-2-1-3-7-22/h1-4,6-8,10-11,14,18,23,25H,5,9,12-13,15-17,19-21H2,(H,31,32,36). The minimum absolute atomic E-state index is 0.169. The number of aromatic amines is 1. The summed E-state index contributed by atoms with van der Waals surface area (Å²) in [4.78, 5) is 25.4. The summed E-state index contributed by atoms with van der Waals surface area (Å²) < 4.78 is 1.53. The number of benzene rings is 2. The topological polar surface area (TPSA) is 70.1 Å². The molecule has 1 atom stereocenters. The molecule has 2 aromatic carbocycles. The molecular weight excluding hydrogens is 448 g/mol. The van der Waals surface area contributed by atoms with Gasteiger partial charge >= 0.3 is 5.69 Å². The molecule has 1 unspecified atom stereocenters. The molecular formula is C29H34N6O. The van der Waals surface area contributed by atoms with Gasteiger partial charge in [-0.2, -0.15) is 4.68 Å². The number of aromatic nitrogens is 4. The lowest BCUT2D eigenvalue weighted by Crippen LogP contribution is -2.42. The van der Waals surface area contributed by atoms with E-state index in [0.29, 0.717) is 0 Å². The van der Waals surface area contributed by atoms with Crippen LogP contribution in [0.3, 0.4) is 0 Å². The van der Waals surface area contributed by atoms with Crippen molar-refractivity contribution in [2.75, 3.05) is 32.7 Å². The normalized spacial score (nSPS) is 20.2. The van der Waals surface area contributed by atoms with Gasteiger partial charge in [-0.25, -0.2) is 4.79 Å². The Morgan fingerprint density at radius 1 is 0.917 bits per heavy atom. The highest BCUT2D eigenvalue weighted by atomic mass is 16.1. The van der Waals surface area contributed by atoms with E-state index in [9.17, 15) is 4.79 Å². The van der Waals surface area contributed by atoms with Crippen LogP contribution in [0.1, 0.15) is 43.0 Å². The molecule has 0 radical (unpaired) electrons. The van der Waals surface area contributed by atoms with Crippen molar-refractivity contribution in [3.8, 4) is 5.69 Å². The number of nitrogens with one attached hydrogen (secondary N) is 1. The Morgan fingerprint density at radius 2 is 1.78 bits per heavy atom. The van der Waals surface area contributed by atoms with Crippen LogP contribution in [0.4, 0.5) is 0 Å². The van der Waals surface area contributed by atoms with Gasteiger partial charge in [0.2, 0.25) is 0 Å². The fourth-order valence-corrected chi connectivity index (χ4v) is 5.96. The minimum Gasteiger partial charge on any atom is -0.302 e. The van der Waals surface area contributed by atoms with Crippen molar-refractivity contribution in [2.24, 2.45) is 5.92 Å². The second-order valence-corrected chi connectivity index (χ2v) is 10.4. The molecule has 4 heterocycles. The van der Waals surface area contributed by atoms with E-state index in [1.807, 2.05) is 30.5 Å². The van der Waals surface area contributed by atoms with E-state index in [1.165, 1.54) is 36.2 Å². The monoisotopic (exact) mass is 482 g/mol. The Balaban J connectivity index is 1.09. The van der Waals surface area contributed by atoms with Gasteiger partial charge in [0.15, 0.2) is 0 Å². The molecule has 2 aliphatic rings. The lowest BCUT2D eigenvalue weighted by molar-refractivity contribution is 0.121. The number of piperidine rings is 2. The second kappa shape index (κ2) is 10.4. The third-order valence-corrected chi connectivity index (χ3v) is 7.89. The molecule has 2 aliphatic heterocycles. The zero-order valence-corrected chi connectivity index (χ0v) is 20.7. The van der Waals surface area contributed by atoms with Crippen LogP contribution >= 0.6 is 0 Å². The molecule has 0 spiro atoms. The molecule has 0 aliphatic carbocycles. The van der Waals surface area contributed by atoms with Crippen LogP contribution in [0.5, 0.6) is 0 Å². The van der Waals surface area contributed by atoms with Crippen LogP contribution in [-0.2, 0) is 6.54 Å². The maximum Gasteiger partial charge on any atom is 0.348 e. The molecule has 1 N–H and O–H groups in total. The van der Waals surface area contributed by atoms with E-state index in [-0.39, 0.29) is 11.6 Å². The zero-order chi connectivity index (χ0) is 24.3. The van der Waals surface area contributed by atoms with Crippen molar-refractivity contribution < 1.29 is 0 Å². The number of fused-ring (bicyclic) bond motifs is 1. The van der Waals surface area contributed by atoms with Gasteiger partial charge < -0.3 is 4.90 Å². The van der Waals surface area contributed by atoms with Crippen LogP contribution < -0.4 is 5.69 Å². The second-order valence-electron chi connectivity index (χ2n) is 10.4. The highest BCUT2D eigenvalue weighted by molar-refractivity contribution is 5.89. The average molecular weight is 483 g/mol. The molecule has 7 heteroatoms. The van der Waals surface area contributed by atoms with Crippen LogP contribution in [0, 0.1) is 5.92 Å². The number of hydrogen-bond donors (Lipinski definition) is 1. The van der Waals surface area contributed by atoms with Gasteiger partial charge in [0.25, 0.3) is 0 Å². The van der Waals surface area contributed by atoms with Gasteiger partial charge in [0.05, 0.1) is 5.69 Å². The van der Waals surface area contributed by atoms with Crippen molar-refractivity contribution >= 4 is 10.8 Å². The first-order valence-electron chi connectivity index (χ1n) is 13.2. The maximum absolute atomic E-state index is 12.9. The molecule has 2 aromatic heterocycles. The number of H-pyrrole nitrogens is 1. The summed E-state index contributed by atoms with van der Waals surface area (Å²) in [6.45, 7) is 6.67. The number of pyridine rings is 1. The Hall–Kier alpha value is -3.29. The van der Waals surface area contributed by atoms with Gasteiger partial charge in [-0.1, -0.05) is 42.5 Å². The Labute approximate surface area is 211 Å². The lowest BCUT2D eigenvalue weighted by Gasteiger charge is -2.37. The Kier molecular flexibility index (Phi) is 6.66. The number of hydrogen-bond acceptors (Lipinski definition) is 5. The van der Waals surface area contributed by atoms with Crippen LogP contribution in [0.25, 0.3) is 16.5 Å². The molecule has 36 heavy (non-hydrogen) atoms. The summed E-state index contributed by atoms with van der Waals surface area (Å²) in [6.07, 6.45) is 8.31. The van der Waals surface area contributed by atoms with Crippen molar-refractivity contribution in [2.45, 2.75) is 38.1 Å². The van der Waals surface area contributed by atoms with Gasteiger partial charge in [-0.15, -0.1) is 5.10 Å². The Bertz CT molecular complexity index is 1350. The van der Waals surface area contributed by atoms with Crippen molar-refractivity contribution in [1.29, 1.82) is 0 Å². The minimum atomic E-state index is -0.169. The van der Waals surface area contributed by atoms with Gasteiger partial charge in [0, 0.05) is 48.7 Å². The van der Waals surface area contributed by atoms with Crippen LogP contribution in [0.15, 0.2) is 71.8 Å². The lowest BCUT2D eigenvalue weighted by atomic mass is 9.92. The van der Waals surface area contributed by atoms with Gasteiger partial charge in [-0.05, 0) is 68.9 Å². The number of likely N-dealkylation sites (tertiary alicyclic amines) is 2. The van der Waals surface area contributed by atoms with Gasteiger partial charge in [0.1, 0.15) is 5.82 Å². The van der Waals surface area contributed by atoms with E-state index in [1.54, 1.807) is 6.20 Å².